The zero-order valence-electron chi connectivity index (χ0n) is 13.7. The van der Waals surface area contributed by atoms with E-state index >= 15 is 0 Å². The minimum absolute atomic E-state index is 0.0329. The third-order valence-electron chi connectivity index (χ3n) is 3.97. The Kier molecular flexibility index (Phi) is 3.47. The Morgan fingerprint density at radius 1 is 1.10 bits per heavy atom. The Labute approximate surface area is 127 Å². The summed E-state index contributed by atoms with van der Waals surface area (Å²) in [5, 5.41) is 3.83. The molecule has 1 aliphatic heterocycles. The lowest BCUT2D eigenvalue weighted by atomic mass is 10.2. The molecule has 1 aromatic rings. The maximum absolute atomic E-state index is 5.57. The monoisotopic (exact) mass is 312 g/mol. The Balaban J connectivity index is 2.76. The van der Waals surface area contributed by atoms with E-state index in [2.05, 4.69) is 56.2 Å². The summed E-state index contributed by atoms with van der Waals surface area (Å²) in [7, 11) is 0.143. The van der Waals surface area contributed by atoms with E-state index in [0.717, 1.165) is 17.3 Å². The van der Waals surface area contributed by atoms with Crippen molar-refractivity contribution >= 4 is 30.2 Å². The lowest BCUT2D eigenvalue weighted by Crippen LogP contribution is -2.35. The highest BCUT2D eigenvalue weighted by Gasteiger charge is 2.47. The molecule has 6 heteroatoms. The number of hydrogen-bond donors (Lipinski definition) is 1. The van der Waals surface area contributed by atoms with Gasteiger partial charge in [-0.05, 0) is 6.92 Å². The summed E-state index contributed by atoms with van der Waals surface area (Å²) in [4.78, 5) is 5.20. The second-order valence-electron chi connectivity index (χ2n) is 7.41. The van der Waals surface area contributed by atoms with Crippen LogP contribution < -0.4 is 5.09 Å². The van der Waals surface area contributed by atoms with Crippen LogP contribution in [0, 0.1) is 6.92 Å². The van der Waals surface area contributed by atoms with Gasteiger partial charge in [-0.2, -0.15) is 0 Å². The zero-order chi connectivity index (χ0) is 15.5. The van der Waals surface area contributed by atoms with Crippen LogP contribution in [-0.4, -0.2) is 24.9 Å². The van der Waals surface area contributed by atoms with Gasteiger partial charge in [-0.3, -0.25) is 0 Å². The lowest BCUT2D eigenvalue weighted by molar-refractivity contribution is 0.697. The van der Waals surface area contributed by atoms with Crippen LogP contribution in [0.5, 0.6) is 0 Å². The molecule has 0 amide bonds. The predicted octanol–water partition coefficient (Wildman–Crippen LogP) is 4.54. The number of aromatic nitrogens is 2. The van der Waals surface area contributed by atoms with Gasteiger partial charge in [0, 0.05) is 17.4 Å². The predicted molar refractivity (Wildman–Crippen MR) is 92.1 cm³/mol. The minimum Gasteiger partial charge on any atom is -0.335 e. The maximum atomic E-state index is 5.57. The van der Waals surface area contributed by atoms with Crippen molar-refractivity contribution in [1.82, 2.24) is 9.55 Å². The molecular weight excluding hydrogens is 287 g/mol. The van der Waals surface area contributed by atoms with Gasteiger partial charge in [0.15, 0.2) is 4.99 Å². The number of thiocarbonyl (C=S) groups is 1. The molecule has 0 atom stereocenters. The average molecular weight is 312 g/mol. The van der Waals surface area contributed by atoms with Crippen molar-refractivity contribution in [2.24, 2.45) is 11.8 Å². The number of anilines is 1. The Hall–Kier alpha value is -0.670. The summed E-state index contributed by atoms with van der Waals surface area (Å²) in [6.07, 6.45) is 0. The zero-order valence-corrected chi connectivity index (χ0v) is 15.4. The van der Waals surface area contributed by atoms with Gasteiger partial charge in [-0.25, -0.2) is 9.73 Å². The smallest absolute Gasteiger partial charge is 0.156 e. The van der Waals surface area contributed by atoms with Gasteiger partial charge >= 0.3 is 0 Å². The van der Waals surface area contributed by atoms with Crippen LogP contribution in [0.4, 0.5) is 5.82 Å². The van der Waals surface area contributed by atoms with E-state index in [0.29, 0.717) is 4.99 Å². The summed E-state index contributed by atoms with van der Waals surface area (Å²) in [6, 6.07) is 0. The molecule has 0 unspecified atom stereocenters. The van der Waals surface area contributed by atoms with Crippen molar-refractivity contribution in [3.63, 3.8) is 0 Å². The van der Waals surface area contributed by atoms with Gasteiger partial charge in [0.1, 0.15) is 17.3 Å². The topological polar surface area (TPSA) is 42.2 Å². The van der Waals surface area contributed by atoms with Crippen molar-refractivity contribution in [2.75, 3.05) is 5.09 Å². The molecule has 0 radical (unpaired) electrons. The Morgan fingerprint density at radius 2 is 1.60 bits per heavy atom. The Bertz CT molecular complexity index is 611. The van der Waals surface area contributed by atoms with Gasteiger partial charge in [-0.1, -0.05) is 53.8 Å². The van der Waals surface area contributed by atoms with Crippen molar-refractivity contribution in [3.8, 4) is 0 Å². The van der Waals surface area contributed by atoms with Crippen LogP contribution in [0.1, 0.15) is 53.1 Å². The highest BCUT2D eigenvalue weighted by atomic mass is 32.1. The number of fused-ring (bicyclic) bond motifs is 1. The number of hydrogen-bond acceptors (Lipinski definition) is 3. The van der Waals surface area contributed by atoms with Gasteiger partial charge in [0.05, 0.1) is 7.21 Å². The van der Waals surface area contributed by atoms with E-state index in [4.69, 9.17) is 17.0 Å². The molecule has 4 nitrogen and oxygen atoms in total. The van der Waals surface area contributed by atoms with Crippen molar-refractivity contribution in [2.45, 2.75) is 58.8 Å². The van der Waals surface area contributed by atoms with Gasteiger partial charge in [0.2, 0.25) is 0 Å². The van der Waals surface area contributed by atoms with Crippen LogP contribution in [0.25, 0.3) is 0 Å². The normalized spacial score (nSPS) is 18.3. The molecule has 20 heavy (non-hydrogen) atoms. The first-order chi connectivity index (χ1) is 8.91. The largest absolute Gasteiger partial charge is 0.335 e. The van der Waals surface area contributed by atoms with Gasteiger partial charge in [0.25, 0.3) is 0 Å². The fourth-order valence-electron chi connectivity index (χ4n) is 2.89. The molecule has 0 saturated carbocycles. The molecule has 1 aromatic heterocycles. The molecular formula is C14H25N4PS. The number of aryl methyl sites for hydroxylation is 1. The third-order valence-corrected chi connectivity index (χ3v) is 9.31. The van der Waals surface area contributed by atoms with Crippen molar-refractivity contribution in [3.05, 3.63) is 11.5 Å². The first kappa shape index (κ1) is 15.7. The molecule has 0 fully saturated rings. The average Bonchev–Trinajstić information content (AvgIpc) is 2.53. The van der Waals surface area contributed by atoms with Crippen LogP contribution >= 0.6 is 19.4 Å². The second kappa shape index (κ2) is 4.41. The molecule has 2 rings (SSSR count). The number of nitrogens with zero attached hydrogens (tertiary/aromatic N) is 3. The van der Waals surface area contributed by atoms with Crippen LogP contribution in [-0.2, 0) is 7.05 Å². The van der Waals surface area contributed by atoms with Crippen molar-refractivity contribution < 1.29 is 0 Å². The number of imidazole rings is 1. The van der Waals surface area contributed by atoms with Crippen LogP contribution in [0.3, 0.4) is 0 Å². The second-order valence-corrected chi connectivity index (χ2v) is 12.2. The molecule has 2 heterocycles. The molecule has 112 valence electrons. The van der Waals surface area contributed by atoms with E-state index in [1.54, 1.807) is 0 Å². The summed E-state index contributed by atoms with van der Waals surface area (Å²) >= 11 is 5.57. The molecule has 0 spiro atoms. The standard InChI is InChI=1S/C14H25N4PS/c1-9-15-10-11(18(9)8)16-19(13(2,3)4,14(5,6)7)17-12(10)20/h1-8H3,(H,16,20). The lowest BCUT2D eigenvalue weighted by Gasteiger charge is -2.48. The first-order valence-corrected chi connectivity index (χ1v) is 9.04. The molecule has 0 bridgehead atoms. The van der Waals surface area contributed by atoms with E-state index in [1.165, 1.54) is 0 Å². The number of nitrogens with one attached hydrogen (secondary N) is 1. The fourth-order valence-corrected chi connectivity index (χ4v) is 7.66. The summed E-state index contributed by atoms with van der Waals surface area (Å²) < 4.78 is 7.09. The number of rotatable bonds is 0. The SMILES string of the molecule is Cc1nc2c(n1C)NP(C(C)(C)C)(C(C)(C)C)=NC2=S. The van der Waals surface area contributed by atoms with Crippen LogP contribution in [0.15, 0.2) is 4.74 Å². The van der Waals surface area contributed by atoms with E-state index in [-0.39, 0.29) is 10.3 Å². The summed E-state index contributed by atoms with van der Waals surface area (Å²) in [5.41, 5.74) is 0.823. The minimum atomic E-state index is -1.89. The van der Waals surface area contributed by atoms with Gasteiger partial charge < -0.3 is 9.65 Å². The van der Waals surface area contributed by atoms with Gasteiger partial charge in [-0.15, -0.1) is 0 Å². The fraction of sp³-hybridized carbons (Fsp3) is 0.714. The van der Waals surface area contributed by atoms with Crippen LogP contribution in [0.2, 0.25) is 0 Å². The third kappa shape index (κ3) is 2.06. The molecule has 0 aromatic carbocycles. The van der Waals surface area contributed by atoms with Crippen molar-refractivity contribution in [1.29, 1.82) is 0 Å². The Morgan fingerprint density at radius 3 is 2.05 bits per heavy atom. The first-order valence-electron chi connectivity index (χ1n) is 6.89. The summed E-state index contributed by atoms with van der Waals surface area (Å²) in [6.45, 7) is 15.5. The molecule has 0 saturated heterocycles. The quantitative estimate of drug-likeness (QED) is 0.565. The molecule has 1 N–H and O–H groups in total. The van der Waals surface area contributed by atoms with E-state index in [9.17, 15) is 0 Å². The maximum Gasteiger partial charge on any atom is 0.156 e. The highest BCUT2D eigenvalue weighted by Crippen LogP contribution is 2.70. The highest BCUT2D eigenvalue weighted by molar-refractivity contribution is 7.82. The molecule has 0 aliphatic carbocycles. The molecule has 1 aliphatic rings. The summed E-state index contributed by atoms with van der Waals surface area (Å²) in [5.74, 6) is 1.99. The van der Waals surface area contributed by atoms with E-state index < -0.39 is 7.21 Å². The van der Waals surface area contributed by atoms with E-state index in [1.807, 2.05) is 14.0 Å².